The number of hydrogen-bond acceptors (Lipinski definition) is 6. The lowest BCUT2D eigenvalue weighted by Crippen LogP contribution is -2.73. The molecule has 0 amide bonds. The van der Waals surface area contributed by atoms with Gasteiger partial charge in [0.15, 0.2) is 0 Å². The summed E-state index contributed by atoms with van der Waals surface area (Å²) >= 11 is 0. The molecule has 284 valence electrons. The lowest BCUT2D eigenvalue weighted by Gasteiger charge is -2.63. The van der Waals surface area contributed by atoms with Crippen LogP contribution in [0.3, 0.4) is 0 Å². The SMILES string of the molecule is CCCC1CC2C(NC3CCCCC3N2C2=C(C3CCC(OC)CC3)C3CC(OC)CCC3N2C2CCC(CO)CC2)C2CCCC(CC)C12. The van der Waals surface area contributed by atoms with Crippen molar-refractivity contribution in [3.8, 4) is 0 Å². The van der Waals surface area contributed by atoms with E-state index in [0.717, 1.165) is 23.7 Å². The number of nitrogens with zero attached hydrogens (tertiary/aromatic N) is 2. The van der Waals surface area contributed by atoms with Crippen LogP contribution < -0.4 is 5.32 Å². The fraction of sp³-hybridized carbons (Fsp3) is 0.955. The van der Waals surface area contributed by atoms with Gasteiger partial charge < -0.3 is 29.7 Å². The molecule has 2 heterocycles. The molecule has 50 heavy (non-hydrogen) atoms. The maximum Gasteiger partial charge on any atom is 0.105 e. The van der Waals surface area contributed by atoms with Crippen molar-refractivity contribution < 1.29 is 14.6 Å². The van der Waals surface area contributed by atoms with Crippen molar-refractivity contribution >= 4 is 0 Å². The highest BCUT2D eigenvalue weighted by Crippen LogP contribution is 2.57. The van der Waals surface area contributed by atoms with Crippen molar-refractivity contribution in [3.63, 3.8) is 0 Å². The average Bonchev–Trinajstić information content (AvgIpc) is 3.50. The molecule has 7 fully saturated rings. The molecule has 8 aliphatic rings. The van der Waals surface area contributed by atoms with Crippen LogP contribution in [-0.4, -0.2) is 84.2 Å². The molecule has 0 bridgehead atoms. The first-order chi connectivity index (χ1) is 24.6. The number of methoxy groups -OCH3 is 2. The zero-order chi connectivity index (χ0) is 34.4. The molecule has 0 radical (unpaired) electrons. The number of rotatable bonds is 9. The minimum Gasteiger partial charge on any atom is -0.396 e. The van der Waals surface area contributed by atoms with Crippen LogP contribution in [0.2, 0.25) is 0 Å². The lowest BCUT2D eigenvalue weighted by atomic mass is 9.55. The summed E-state index contributed by atoms with van der Waals surface area (Å²) in [7, 11) is 3.92. The van der Waals surface area contributed by atoms with E-state index in [1.807, 2.05) is 19.8 Å². The topological polar surface area (TPSA) is 57.2 Å². The second kappa shape index (κ2) is 15.9. The molecular weight excluding hydrogens is 619 g/mol. The van der Waals surface area contributed by atoms with Crippen LogP contribution >= 0.6 is 0 Å². The van der Waals surface area contributed by atoms with Crippen molar-refractivity contribution in [2.45, 2.75) is 204 Å². The van der Waals surface area contributed by atoms with E-state index < -0.39 is 0 Å². The standard InChI is InChI=1S/C44H75N3O3/c1-5-10-31-25-40-43(35-12-9-11-29(6-2)41(31)35)45-37-13-7-8-14-39(37)47(40)44-42(30-17-21-33(49-3)22-18-30)36-26-34(50-4)23-24-38(36)46(44)32-19-15-28(27-48)16-20-32/h28-41,43,45,48H,5-27H2,1-4H3. The van der Waals surface area contributed by atoms with Gasteiger partial charge in [0.25, 0.3) is 0 Å². The molecule has 2 aliphatic heterocycles. The Kier molecular flexibility index (Phi) is 11.5. The second-order valence-electron chi connectivity index (χ2n) is 18.8. The van der Waals surface area contributed by atoms with Crippen LogP contribution in [0.5, 0.6) is 0 Å². The molecular formula is C44H75N3O3. The molecule has 2 N–H and O–H groups in total. The Labute approximate surface area is 306 Å². The Morgan fingerprint density at radius 3 is 2.18 bits per heavy atom. The molecule has 6 saturated carbocycles. The molecule has 6 heteroatoms. The minimum absolute atomic E-state index is 0.371. The van der Waals surface area contributed by atoms with E-state index in [2.05, 4.69) is 29.0 Å². The van der Waals surface area contributed by atoms with E-state index >= 15 is 0 Å². The molecule has 0 aromatic heterocycles. The largest absolute Gasteiger partial charge is 0.396 e. The summed E-state index contributed by atoms with van der Waals surface area (Å²) in [6.45, 7) is 5.34. The van der Waals surface area contributed by atoms with Gasteiger partial charge in [-0.25, -0.2) is 0 Å². The quantitative estimate of drug-likeness (QED) is 0.252. The summed E-state index contributed by atoms with van der Waals surface area (Å²) in [6.07, 6.45) is 29.8. The Balaban J connectivity index is 1.26. The third-order valence-electron chi connectivity index (χ3n) is 16.7. The van der Waals surface area contributed by atoms with Gasteiger partial charge in [-0.15, -0.1) is 0 Å². The highest BCUT2D eigenvalue weighted by Gasteiger charge is 2.58. The normalized spacial score (nSPS) is 46.6. The van der Waals surface area contributed by atoms with Gasteiger partial charge >= 0.3 is 0 Å². The van der Waals surface area contributed by atoms with Gasteiger partial charge in [0.05, 0.1) is 12.2 Å². The Morgan fingerprint density at radius 1 is 0.700 bits per heavy atom. The van der Waals surface area contributed by atoms with Crippen molar-refractivity contribution in [1.29, 1.82) is 0 Å². The fourth-order valence-electron chi connectivity index (χ4n) is 14.4. The summed E-state index contributed by atoms with van der Waals surface area (Å²) < 4.78 is 12.2. The van der Waals surface area contributed by atoms with E-state index in [-0.39, 0.29) is 0 Å². The number of hydrogen-bond donors (Lipinski definition) is 2. The number of aliphatic hydroxyl groups excluding tert-OH is 1. The highest BCUT2D eigenvalue weighted by molar-refractivity contribution is 5.33. The predicted octanol–water partition coefficient (Wildman–Crippen LogP) is 8.67. The van der Waals surface area contributed by atoms with E-state index in [9.17, 15) is 5.11 Å². The first-order valence-corrected chi connectivity index (χ1v) is 22.3. The number of ether oxygens (including phenoxy) is 2. The Morgan fingerprint density at radius 2 is 1.46 bits per heavy atom. The maximum absolute atomic E-state index is 10.2. The van der Waals surface area contributed by atoms with Crippen molar-refractivity contribution in [2.24, 2.45) is 41.4 Å². The first kappa shape index (κ1) is 36.2. The molecule has 6 nitrogen and oxygen atoms in total. The number of piperazine rings is 1. The number of fused-ring (bicyclic) bond motifs is 5. The summed E-state index contributed by atoms with van der Waals surface area (Å²) in [5.74, 6) is 7.14. The molecule has 11 unspecified atom stereocenters. The molecule has 0 aromatic carbocycles. The number of aliphatic hydroxyl groups is 1. The van der Waals surface area contributed by atoms with Gasteiger partial charge in [0.2, 0.25) is 0 Å². The van der Waals surface area contributed by atoms with E-state index in [4.69, 9.17) is 9.47 Å². The smallest absolute Gasteiger partial charge is 0.105 e. The van der Waals surface area contributed by atoms with E-state index in [1.54, 1.807) is 5.82 Å². The van der Waals surface area contributed by atoms with Crippen molar-refractivity contribution in [1.82, 2.24) is 15.1 Å². The Bertz CT molecular complexity index is 1150. The van der Waals surface area contributed by atoms with E-state index in [0.29, 0.717) is 72.8 Å². The third-order valence-corrected chi connectivity index (χ3v) is 16.7. The summed E-state index contributed by atoms with van der Waals surface area (Å²) in [6, 6.07) is 3.77. The fourth-order valence-corrected chi connectivity index (χ4v) is 14.4. The maximum atomic E-state index is 10.2. The van der Waals surface area contributed by atoms with Crippen LogP contribution in [-0.2, 0) is 9.47 Å². The molecule has 6 aliphatic carbocycles. The van der Waals surface area contributed by atoms with Crippen LogP contribution in [0.1, 0.15) is 155 Å². The van der Waals surface area contributed by atoms with Crippen molar-refractivity contribution in [3.05, 3.63) is 11.4 Å². The zero-order valence-corrected chi connectivity index (χ0v) is 32.6. The summed E-state index contributed by atoms with van der Waals surface area (Å²) in [5, 5.41) is 14.8. The highest BCUT2D eigenvalue weighted by atomic mass is 16.5. The van der Waals surface area contributed by atoms with Crippen LogP contribution in [0, 0.1) is 41.4 Å². The first-order valence-electron chi connectivity index (χ1n) is 22.3. The Hall–Kier alpha value is -0.820. The van der Waals surface area contributed by atoms with Gasteiger partial charge in [0.1, 0.15) is 5.82 Å². The van der Waals surface area contributed by atoms with Crippen LogP contribution in [0.15, 0.2) is 11.4 Å². The minimum atomic E-state index is 0.371. The van der Waals surface area contributed by atoms with Crippen LogP contribution in [0.4, 0.5) is 0 Å². The lowest BCUT2D eigenvalue weighted by molar-refractivity contribution is -0.0891. The number of nitrogens with one attached hydrogen (secondary N) is 1. The van der Waals surface area contributed by atoms with Crippen molar-refractivity contribution in [2.75, 3.05) is 20.8 Å². The van der Waals surface area contributed by atoms with Gasteiger partial charge in [0, 0.05) is 63.0 Å². The average molecular weight is 694 g/mol. The molecule has 11 atom stereocenters. The summed E-state index contributed by atoms with van der Waals surface area (Å²) in [4.78, 5) is 6.46. The van der Waals surface area contributed by atoms with Gasteiger partial charge in [-0.2, -0.15) is 0 Å². The zero-order valence-electron chi connectivity index (χ0n) is 32.6. The predicted molar refractivity (Wildman–Crippen MR) is 203 cm³/mol. The monoisotopic (exact) mass is 694 g/mol. The van der Waals surface area contributed by atoms with Crippen LogP contribution in [0.25, 0.3) is 0 Å². The summed E-state index contributed by atoms with van der Waals surface area (Å²) in [5.41, 5.74) is 1.89. The van der Waals surface area contributed by atoms with Gasteiger partial charge in [-0.1, -0.05) is 58.8 Å². The third kappa shape index (κ3) is 6.52. The molecule has 1 saturated heterocycles. The molecule has 8 rings (SSSR count). The molecule has 0 spiro atoms. The second-order valence-corrected chi connectivity index (χ2v) is 18.8. The van der Waals surface area contributed by atoms with Gasteiger partial charge in [-0.05, 0) is 137 Å². The van der Waals surface area contributed by atoms with E-state index in [1.165, 1.54) is 141 Å². The van der Waals surface area contributed by atoms with Gasteiger partial charge in [-0.3, -0.25) is 0 Å². The molecule has 0 aromatic rings.